The molecule has 0 unspecified atom stereocenters. The minimum atomic E-state index is -0.322. The summed E-state index contributed by atoms with van der Waals surface area (Å²) >= 11 is 0. The van der Waals surface area contributed by atoms with Crippen molar-refractivity contribution in [3.05, 3.63) is 59.9 Å². The normalized spacial score (nSPS) is 10.1. The highest BCUT2D eigenvalue weighted by Crippen LogP contribution is 2.23. The molecule has 0 fully saturated rings. The summed E-state index contributed by atoms with van der Waals surface area (Å²) in [6.07, 6.45) is 0. The number of carbonyl (C=O) groups is 1. The minimum absolute atomic E-state index is 0.0958. The van der Waals surface area contributed by atoms with Crippen LogP contribution in [0.4, 0.5) is 10.1 Å². The molecule has 0 aliphatic rings. The van der Waals surface area contributed by atoms with Crippen LogP contribution in [-0.2, 0) is 11.3 Å². The molecule has 0 heterocycles. The van der Waals surface area contributed by atoms with Crippen molar-refractivity contribution in [3.8, 4) is 5.75 Å². The maximum absolute atomic E-state index is 13.4. The summed E-state index contributed by atoms with van der Waals surface area (Å²) in [6, 6.07) is 13.8. The van der Waals surface area contributed by atoms with Gasteiger partial charge in [-0.3, -0.25) is 4.79 Å². The van der Waals surface area contributed by atoms with Crippen molar-refractivity contribution in [2.24, 2.45) is 0 Å². The third kappa shape index (κ3) is 4.48. The van der Waals surface area contributed by atoms with Crippen molar-refractivity contribution < 1.29 is 13.9 Å². The van der Waals surface area contributed by atoms with Crippen LogP contribution in [0.1, 0.15) is 12.5 Å². The number of para-hydroxylation sites is 2. The van der Waals surface area contributed by atoms with E-state index in [1.54, 1.807) is 18.2 Å². The Morgan fingerprint density at radius 3 is 2.64 bits per heavy atom. The molecule has 2 aromatic rings. The van der Waals surface area contributed by atoms with Gasteiger partial charge in [0.25, 0.3) is 0 Å². The van der Waals surface area contributed by atoms with E-state index in [1.807, 2.05) is 31.2 Å². The number of hydrogen-bond donors (Lipinski definition) is 2. The van der Waals surface area contributed by atoms with Crippen molar-refractivity contribution in [3.63, 3.8) is 0 Å². The maximum atomic E-state index is 13.4. The molecule has 5 heteroatoms. The molecule has 0 aromatic heterocycles. The van der Waals surface area contributed by atoms with Crippen LogP contribution < -0.4 is 15.4 Å². The van der Waals surface area contributed by atoms with Gasteiger partial charge in [0.2, 0.25) is 5.91 Å². The van der Waals surface area contributed by atoms with Gasteiger partial charge in [-0.1, -0.05) is 30.3 Å². The second-order valence-corrected chi connectivity index (χ2v) is 4.65. The fourth-order valence-electron chi connectivity index (χ4n) is 1.97. The van der Waals surface area contributed by atoms with Gasteiger partial charge in [-0.25, -0.2) is 4.39 Å². The highest BCUT2D eigenvalue weighted by molar-refractivity contribution is 5.81. The molecule has 0 bridgehead atoms. The number of halogens is 1. The molecule has 1 amide bonds. The molecule has 0 radical (unpaired) electrons. The van der Waals surface area contributed by atoms with E-state index in [0.29, 0.717) is 17.9 Å². The monoisotopic (exact) mass is 302 g/mol. The Morgan fingerprint density at radius 1 is 1.14 bits per heavy atom. The van der Waals surface area contributed by atoms with Gasteiger partial charge in [-0.15, -0.1) is 0 Å². The predicted molar refractivity (Wildman–Crippen MR) is 84.3 cm³/mol. The molecule has 22 heavy (non-hydrogen) atoms. The Hall–Kier alpha value is -2.56. The number of rotatable bonds is 7. The van der Waals surface area contributed by atoms with E-state index in [0.717, 1.165) is 5.69 Å². The second kappa shape index (κ2) is 8.02. The van der Waals surface area contributed by atoms with E-state index in [9.17, 15) is 9.18 Å². The highest BCUT2D eigenvalue weighted by Gasteiger charge is 2.06. The van der Waals surface area contributed by atoms with Gasteiger partial charge in [0.1, 0.15) is 11.6 Å². The SMILES string of the molecule is CCOc1ccccc1NCC(=O)NCc1ccccc1F. The lowest BCUT2D eigenvalue weighted by Crippen LogP contribution is -2.29. The molecule has 0 saturated carbocycles. The van der Waals surface area contributed by atoms with Gasteiger partial charge in [-0.05, 0) is 25.1 Å². The summed E-state index contributed by atoms with van der Waals surface area (Å²) in [5, 5.41) is 5.70. The van der Waals surface area contributed by atoms with Crippen LogP contribution in [0, 0.1) is 5.82 Å². The van der Waals surface area contributed by atoms with Gasteiger partial charge >= 0.3 is 0 Å². The molecule has 0 saturated heterocycles. The Labute approximate surface area is 129 Å². The molecular weight excluding hydrogens is 283 g/mol. The first-order chi connectivity index (χ1) is 10.7. The Kier molecular flexibility index (Phi) is 5.77. The van der Waals surface area contributed by atoms with Crippen molar-refractivity contribution >= 4 is 11.6 Å². The Bertz CT molecular complexity index is 632. The van der Waals surface area contributed by atoms with E-state index in [1.165, 1.54) is 6.07 Å². The molecular formula is C17H19FN2O2. The lowest BCUT2D eigenvalue weighted by atomic mass is 10.2. The van der Waals surface area contributed by atoms with E-state index < -0.39 is 0 Å². The van der Waals surface area contributed by atoms with Crippen molar-refractivity contribution in [1.29, 1.82) is 0 Å². The summed E-state index contributed by atoms with van der Waals surface area (Å²) in [7, 11) is 0. The number of benzene rings is 2. The molecule has 2 rings (SSSR count). The van der Waals surface area contributed by atoms with E-state index in [-0.39, 0.29) is 24.8 Å². The zero-order chi connectivity index (χ0) is 15.8. The highest BCUT2D eigenvalue weighted by atomic mass is 19.1. The van der Waals surface area contributed by atoms with Crippen LogP contribution in [0.5, 0.6) is 5.75 Å². The van der Waals surface area contributed by atoms with Crippen LogP contribution in [0.25, 0.3) is 0 Å². The number of hydrogen-bond acceptors (Lipinski definition) is 3. The first-order valence-electron chi connectivity index (χ1n) is 7.16. The lowest BCUT2D eigenvalue weighted by molar-refractivity contribution is -0.119. The zero-order valence-corrected chi connectivity index (χ0v) is 12.4. The first kappa shape index (κ1) is 15.8. The number of amides is 1. The summed E-state index contributed by atoms with van der Waals surface area (Å²) in [4.78, 5) is 11.8. The van der Waals surface area contributed by atoms with Gasteiger partial charge in [0.15, 0.2) is 0 Å². The van der Waals surface area contributed by atoms with Crippen LogP contribution in [-0.4, -0.2) is 19.1 Å². The second-order valence-electron chi connectivity index (χ2n) is 4.65. The molecule has 0 atom stereocenters. The topological polar surface area (TPSA) is 50.4 Å². The minimum Gasteiger partial charge on any atom is -0.492 e. The van der Waals surface area contributed by atoms with E-state index in [2.05, 4.69) is 10.6 Å². The number of anilines is 1. The number of carbonyl (C=O) groups excluding carboxylic acids is 1. The quantitative estimate of drug-likeness (QED) is 0.827. The van der Waals surface area contributed by atoms with Gasteiger partial charge in [-0.2, -0.15) is 0 Å². The first-order valence-corrected chi connectivity index (χ1v) is 7.16. The van der Waals surface area contributed by atoms with Gasteiger partial charge in [0, 0.05) is 12.1 Å². The Balaban J connectivity index is 1.84. The standard InChI is InChI=1S/C17H19FN2O2/c1-2-22-16-10-6-5-9-15(16)19-12-17(21)20-11-13-7-3-4-8-14(13)18/h3-10,19H,2,11-12H2,1H3,(H,20,21). The summed E-state index contributed by atoms with van der Waals surface area (Å²) < 4.78 is 18.9. The van der Waals surface area contributed by atoms with Crippen LogP contribution in [0.15, 0.2) is 48.5 Å². The summed E-state index contributed by atoms with van der Waals surface area (Å²) in [5.74, 6) is 0.166. The lowest BCUT2D eigenvalue weighted by Gasteiger charge is -2.12. The van der Waals surface area contributed by atoms with Crippen molar-refractivity contribution in [2.45, 2.75) is 13.5 Å². The third-order valence-corrected chi connectivity index (χ3v) is 3.06. The average molecular weight is 302 g/mol. The van der Waals surface area contributed by atoms with E-state index in [4.69, 9.17) is 4.74 Å². The zero-order valence-electron chi connectivity index (χ0n) is 12.4. The largest absolute Gasteiger partial charge is 0.492 e. The van der Waals surface area contributed by atoms with Crippen LogP contribution >= 0.6 is 0 Å². The van der Waals surface area contributed by atoms with Crippen molar-refractivity contribution in [2.75, 3.05) is 18.5 Å². The van der Waals surface area contributed by atoms with Crippen LogP contribution in [0.2, 0.25) is 0 Å². The smallest absolute Gasteiger partial charge is 0.239 e. The predicted octanol–water partition coefficient (Wildman–Crippen LogP) is 2.95. The Morgan fingerprint density at radius 2 is 1.86 bits per heavy atom. The van der Waals surface area contributed by atoms with Crippen molar-refractivity contribution in [1.82, 2.24) is 5.32 Å². The molecule has 4 nitrogen and oxygen atoms in total. The fraction of sp³-hybridized carbons (Fsp3) is 0.235. The molecule has 2 aromatic carbocycles. The number of ether oxygens (including phenoxy) is 1. The molecule has 0 aliphatic carbocycles. The summed E-state index contributed by atoms with van der Waals surface area (Å²) in [6.45, 7) is 2.72. The molecule has 0 aliphatic heterocycles. The number of nitrogens with one attached hydrogen (secondary N) is 2. The third-order valence-electron chi connectivity index (χ3n) is 3.06. The maximum Gasteiger partial charge on any atom is 0.239 e. The van der Waals surface area contributed by atoms with E-state index >= 15 is 0 Å². The molecule has 116 valence electrons. The van der Waals surface area contributed by atoms with Gasteiger partial charge < -0.3 is 15.4 Å². The average Bonchev–Trinajstić information content (AvgIpc) is 2.53. The fourth-order valence-corrected chi connectivity index (χ4v) is 1.97. The van der Waals surface area contributed by atoms with Crippen LogP contribution in [0.3, 0.4) is 0 Å². The molecule has 0 spiro atoms. The van der Waals surface area contributed by atoms with Gasteiger partial charge in [0.05, 0.1) is 18.8 Å². The summed E-state index contributed by atoms with van der Waals surface area (Å²) in [5.41, 5.74) is 1.22. The molecule has 2 N–H and O–H groups in total.